The molecule has 0 radical (unpaired) electrons. The lowest BCUT2D eigenvalue weighted by Gasteiger charge is -2.15. The molecule has 0 saturated heterocycles. The van der Waals surface area contributed by atoms with Gasteiger partial charge in [0.2, 0.25) is 0 Å². The maximum absolute atomic E-state index is 9.90. The number of phenolic OH excluding ortho intramolecular Hbond substituents is 1. The first-order valence-corrected chi connectivity index (χ1v) is 8.21. The number of allylic oxidation sites excluding steroid dienone is 1. The van der Waals surface area contributed by atoms with Crippen molar-refractivity contribution in [3.05, 3.63) is 35.4 Å². The van der Waals surface area contributed by atoms with Gasteiger partial charge in [-0.15, -0.1) is 24.0 Å². The van der Waals surface area contributed by atoms with Crippen molar-refractivity contribution in [2.24, 2.45) is 4.99 Å². The molecule has 5 nitrogen and oxygen atoms in total. The van der Waals surface area contributed by atoms with Gasteiger partial charge in [-0.2, -0.15) is 0 Å². The number of methoxy groups -OCH3 is 1. The van der Waals surface area contributed by atoms with Gasteiger partial charge in [0.25, 0.3) is 0 Å². The number of rotatable bonds is 6. The second-order valence-electron chi connectivity index (χ2n) is 5.71. The Bertz CT molecular complexity index is 573. The number of benzene rings is 1. The Kier molecular flexibility index (Phi) is 9.59. The van der Waals surface area contributed by atoms with Crippen LogP contribution in [0.1, 0.15) is 37.7 Å². The number of nitrogens with zero attached hydrogens (tertiary/aromatic N) is 1. The summed E-state index contributed by atoms with van der Waals surface area (Å²) in [5.41, 5.74) is 2.33. The van der Waals surface area contributed by atoms with E-state index >= 15 is 0 Å². The highest BCUT2D eigenvalue weighted by molar-refractivity contribution is 14.0. The summed E-state index contributed by atoms with van der Waals surface area (Å²) in [6.45, 7) is 1.36. The van der Waals surface area contributed by atoms with Crippen LogP contribution >= 0.6 is 24.0 Å². The van der Waals surface area contributed by atoms with Crippen LogP contribution < -0.4 is 15.4 Å². The van der Waals surface area contributed by atoms with Crippen molar-refractivity contribution in [3.63, 3.8) is 0 Å². The Hall–Kier alpha value is -1.44. The molecule has 1 aliphatic rings. The Morgan fingerprint density at radius 3 is 2.79 bits per heavy atom. The molecule has 0 saturated carbocycles. The van der Waals surface area contributed by atoms with E-state index in [4.69, 9.17) is 4.74 Å². The van der Waals surface area contributed by atoms with Crippen LogP contribution in [-0.4, -0.2) is 31.8 Å². The third kappa shape index (κ3) is 6.59. The number of aliphatic imine (C=N–C) groups is 1. The third-order valence-electron chi connectivity index (χ3n) is 4.08. The van der Waals surface area contributed by atoms with E-state index in [1.807, 2.05) is 6.07 Å². The zero-order valence-corrected chi connectivity index (χ0v) is 16.8. The normalized spacial score (nSPS) is 14.4. The average Bonchev–Trinajstić information content (AvgIpc) is 2.60. The van der Waals surface area contributed by atoms with Gasteiger partial charge in [-0.1, -0.05) is 11.6 Å². The molecule has 134 valence electrons. The molecule has 0 spiro atoms. The van der Waals surface area contributed by atoms with Gasteiger partial charge in [0, 0.05) is 25.7 Å². The number of guanidine groups is 1. The van der Waals surface area contributed by atoms with E-state index in [1.54, 1.807) is 31.9 Å². The number of halogens is 1. The van der Waals surface area contributed by atoms with E-state index in [2.05, 4.69) is 21.7 Å². The molecular weight excluding hydrogens is 417 g/mol. The summed E-state index contributed by atoms with van der Waals surface area (Å²) in [4.78, 5) is 4.22. The predicted octanol–water partition coefficient (Wildman–Crippen LogP) is 3.57. The fourth-order valence-corrected chi connectivity index (χ4v) is 2.70. The summed E-state index contributed by atoms with van der Waals surface area (Å²) in [6.07, 6.45) is 8.52. The lowest BCUT2D eigenvalue weighted by atomic mass is 9.97. The number of aromatic hydroxyl groups is 1. The maximum atomic E-state index is 9.90. The fraction of sp³-hybridized carbons (Fsp3) is 0.500. The summed E-state index contributed by atoms with van der Waals surface area (Å²) < 4.78 is 5.18. The highest BCUT2D eigenvalue weighted by Crippen LogP contribution is 2.22. The number of hydrogen-bond donors (Lipinski definition) is 3. The molecule has 0 atom stereocenters. The highest BCUT2D eigenvalue weighted by Gasteiger charge is 2.06. The van der Waals surface area contributed by atoms with Crippen LogP contribution in [0.2, 0.25) is 0 Å². The van der Waals surface area contributed by atoms with Crippen molar-refractivity contribution in [1.82, 2.24) is 10.6 Å². The number of ether oxygens (including phenoxy) is 1. The first kappa shape index (κ1) is 20.6. The van der Waals surface area contributed by atoms with Gasteiger partial charge in [-0.25, -0.2) is 0 Å². The van der Waals surface area contributed by atoms with Gasteiger partial charge >= 0.3 is 0 Å². The van der Waals surface area contributed by atoms with Gasteiger partial charge in [0.05, 0.1) is 7.11 Å². The molecule has 0 bridgehead atoms. The van der Waals surface area contributed by atoms with Crippen LogP contribution in [0.5, 0.6) is 11.5 Å². The molecule has 1 aromatic carbocycles. The Morgan fingerprint density at radius 1 is 1.29 bits per heavy atom. The minimum Gasteiger partial charge on any atom is -0.508 e. The molecular formula is C18H28IN3O2. The largest absolute Gasteiger partial charge is 0.508 e. The fourth-order valence-electron chi connectivity index (χ4n) is 2.70. The predicted molar refractivity (Wildman–Crippen MR) is 109 cm³/mol. The van der Waals surface area contributed by atoms with Crippen molar-refractivity contribution in [1.29, 1.82) is 0 Å². The SMILES string of the molecule is CN=C(NCCC1=CCCCC1)NCc1cc(OC)ccc1O.I. The third-order valence-corrected chi connectivity index (χ3v) is 4.08. The van der Waals surface area contributed by atoms with Crippen LogP contribution in [0.3, 0.4) is 0 Å². The second kappa shape index (κ2) is 11.2. The van der Waals surface area contributed by atoms with Crippen molar-refractivity contribution >= 4 is 29.9 Å². The monoisotopic (exact) mass is 445 g/mol. The summed E-state index contributed by atoms with van der Waals surface area (Å²) in [5.74, 6) is 1.72. The molecule has 1 aromatic rings. The summed E-state index contributed by atoms with van der Waals surface area (Å²) in [6, 6.07) is 5.20. The number of phenols is 1. The standard InChI is InChI=1S/C18H27N3O2.HI/c1-19-18(20-11-10-14-6-4-3-5-7-14)21-13-15-12-16(23-2)8-9-17(15)22;/h6,8-9,12,22H,3-5,7,10-11,13H2,1-2H3,(H2,19,20,21);1H. The number of nitrogens with one attached hydrogen (secondary N) is 2. The van der Waals surface area contributed by atoms with Crippen molar-refractivity contribution in [3.8, 4) is 11.5 Å². The van der Waals surface area contributed by atoms with Gasteiger partial charge in [-0.05, 0) is 50.3 Å². The second-order valence-corrected chi connectivity index (χ2v) is 5.71. The van der Waals surface area contributed by atoms with Crippen LogP contribution in [-0.2, 0) is 6.54 Å². The van der Waals surface area contributed by atoms with Gasteiger partial charge in [0.15, 0.2) is 5.96 Å². The molecule has 0 fully saturated rings. The number of hydrogen-bond acceptors (Lipinski definition) is 3. The van der Waals surface area contributed by atoms with Crippen LogP contribution in [0, 0.1) is 0 Å². The highest BCUT2D eigenvalue weighted by atomic mass is 127. The smallest absolute Gasteiger partial charge is 0.191 e. The first-order valence-electron chi connectivity index (χ1n) is 8.21. The van der Waals surface area contributed by atoms with E-state index < -0.39 is 0 Å². The average molecular weight is 445 g/mol. The van der Waals surface area contributed by atoms with E-state index in [-0.39, 0.29) is 29.7 Å². The van der Waals surface area contributed by atoms with Crippen LogP contribution in [0.15, 0.2) is 34.8 Å². The molecule has 0 unspecified atom stereocenters. The maximum Gasteiger partial charge on any atom is 0.191 e. The Balaban J connectivity index is 0.00000288. The van der Waals surface area contributed by atoms with E-state index in [0.29, 0.717) is 6.54 Å². The Morgan fingerprint density at radius 2 is 2.12 bits per heavy atom. The van der Waals surface area contributed by atoms with Crippen LogP contribution in [0.4, 0.5) is 0 Å². The van der Waals surface area contributed by atoms with E-state index in [0.717, 1.165) is 30.2 Å². The minimum atomic E-state index is 0. The van der Waals surface area contributed by atoms with E-state index in [1.165, 1.54) is 25.7 Å². The van der Waals surface area contributed by atoms with Gasteiger partial charge < -0.3 is 20.5 Å². The molecule has 2 rings (SSSR count). The molecule has 1 aliphatic carbocycles. The van der Waals surface area contributed by atoms with Crippen molar-refractivity contribution < 1.29 is 9.84 Å². The molecule has 24 heavy (non-hydrogen) atoms. The lowest BCUT2D eigenvalue weighted by Crippen LogP contribution is -2.37. The molecule has 0 amide bonds. The van der Waals surface area contributed by atoms with Gasteiger partial charge in [0.1, 0.15) is 11.5 Å². The van der Waals surface area contributed by atoms with Crippen LogP contribution in [0.25, 0.3) is 0 Å². The van der Waals surface area contributed by atoms with Crippen molar-refractivity contribution in [2.45, 2.75) is 38.6 Å². The zero-order valence-electron chi connectivity index (χ0n) is 14.5. The molecule has 0 aromatic heterocycles. The molecule has 0 aliphatic heterocycles. The molecule has 6 heteroatoms. The van der Waals surface area contributed by atoms with Gasteiger partial charge in [-0.3, -0.25) is 4.99 Å². The summed E-state index contributed by atoms with van der Waals surface area (Å²) in [5, 5.41) is 16.4. The first-order chi connectivity index (χ1) is 11.2. The quantitative estimate of drug-likeness (QED) is 0.271. The molecule has 0 heterocycles. The van der Waals surface area contributed by atoms with Crippen molar-refractivity contribution in [2.75, 3.05) is 20.7 Å². The summed E-state index contributed by atoms with van der Waals surface area (Å²) in [7, 11) is 3.37. The zero-order chi connectivity index (χ0) is 16.5. The topological polar surface area (TPSA) is 65.9 Å². The minimum absolute atomic E-state index is 0. The van der Waals surface area contributed by atoms with E-state index in [9.17, 15) is 5.11 Å². The molecule has 3 N–H and O–H groups in total. The summed E-state index contributed by atoms with van der Waals surface area (Å²) >= 11 is 0. The Labute approximate surface area is 161 Å². The lowest BCUT2D eigenvalue weighted by molar-refractivity contribution is 0.410.